The zero-order chi connectivity index (χ0) is 10.8. The molecule has 2 aromatic rings. The van der Waals surface area contributed by atoms with Crippen LogP contribution in [-0.2, 0) is 11.2 Å². The van der Waals surface area contributed by atoms with E-state index in [1.165, 1.54) is 0 Å². The Labute approximate surface area is 86.4 Å². The maximum absolute atomic E-state index is 10.7. The van der Waals surface area contributed by atoms with E-state index in [4.69, 9.17) is 5.11 Å². The predicted octanol–water partition coefficient (Wildman–Crippen LogP) is 0.992. The van der Waals surface area contributed by atoms with Crippen LogP contribution in [0.4, 0.5) is 0 Å². The van der Waals surface area contributed by atoms with Crippen LogP contribution in [-0.4, -0.2) is 25.7 Å². The molecule has 0 bridgehead atoms. The quantitative estimate of drug-likeness (QED) is 0.811. The molecule has 15 heavy (non-hydrogen) atoms. The lowest BCUT2D eigenvalue weighted by Crippen LogP contribution is -2.12. The molecule has 1 unspecified atom stereocenters. The molecule has 2 aromatic heterocycles. The maximum atomic E-state index is 10.7. The van der Waals surface area contributed by atoms with Crippen LogP contribution in [0.15, 0.2) is 24.8 Å². The predicted molar refractivity (Wildman–Crippen MR) is 53.5 cm³/mol. The van der Waals surface area contributed by atoms with E-state index < -0.39 is 11.9 Å². The molecular formula is C10H11N3O2. The number of carbonyl (C=O) groups is 1. The van der Waals surface area contributed by atoms with Crippen molar-refractivity contribution in [1.82, 2.24) is 14.6 Å². The van der Waals surface area contributed by atoms with Crippen molar-refractivity contribution in [3.63, 3.8) is 0 Å². The van der Waals surface area contributed by atoms with Gasteiger partial charge < -0.3 is 5.11 Å². The standard InChI is InChI=1S/C10H11N3O2/c1-7(10(14)15)4-8-5-12-13-3-2-11-6-9(8)13/h2-3,5-7H,4H2,1H3,(H,14,15). The largest absolute Gasteiger partial charge is 0.481 e. The molecule has 0 aliphatic heterocycles. The third-order valence-electron chi connectivity index (χ3n) is 2.35. The van der Waals surface area contributed by atoms with Gasteiger partial charge in [-0.15, -0.1) is 0 Å². The highest BCUT2D eigenvalue weighted by molar-refractivity contribution is 5.70. The molecule has 0 spiro atoms. The van der Waals surface area contributed by atoms with Crippen LogP contribution in [0, 0.1) is 5.92 Å². The summed E-state index contributed by atoms with van der Waals surface area (Å²) in [6.07, 6.45) is 7.24. The molecule has 2 rings (SSSR count). The lowest BCUT2D eigenvalue weighted by atomic mass is 10.0. The number of aromatic nitrogens is 3. The molecule has 0 aliphatic rings. The van der Waals surface area contributed by atoms with Gasteiger partial charge in [-0.25, -0.2) is 4.52 Å². The molecule has 0 saturated carbocycles. The Kier molecular flexibility index (Phi) is 2.37. The smallest absolute Gasteiger partial charge is 0.306 e. The Bertz CT molecular complexity index is 492. The van der Waals surface area contributed by atoms with Crippen molar-refractivity contribution in [2.45, 2.75) is 13.3 Å². The first-order valence-corrected chi connectivity index (χ1v) is 4.67. The molecule has 0 aliphatic carbocycles. The van der Waals surface area contributed by atoms with Gasteiger partial charge in [0.15, 0.2) is 0 Å². The first kappa shape index (κ1) is 9.64. The zero-order valence-electron chi connectivity index (χ0n) is 8.29. The molecule has 5 nitrogen and oxygen atoms in total. The van der Waals surface area contributed by atoms with E-state index in [2.05, 4.69) is 10.1 Å². The van der Waals surface area contributed by atoms with E-state index in [-0.39, 0.29) is 0 Å². The lowest BCUT2D eigenvalue weighted by Gasteiger charge is -2.03. The lowest BCUT2D eigenvalue weighted by molar-refractivity contribution is -0.141. The van der Waals surface area contributed by atoms with Crippen molar-refractivity contribution < 1.29 is 9.90 Å². The minimum Gasteiger partial charge on any atom is -0.481 e. The van der Waals surface area contributed by atoms with E-state index in [0.29, 0.717) is 6.42 Å². The van der Waals surface area contributed by atoms with Crippen LogP contribution in [0.2, 0.25) is 0 Å². The first-order valence-electron chi connectivity index (χ1n) is 4.67. The molecule has 0 aromatic carbocycles. The Morgan fingerprint density at radius 2 is 2.40 bits per heavy atom. The SMILES string of the molecule is CC(Cc1cnn2ccncc12)C(=O)O. The number of hydrogen-bond donors (Lipinski definition) is 1. The van der Waals surface area contributed by atoms with E-state index in [0.717, 1.165) is 11.1 Å². The number of hydrogen-bond acceptors (Lipinski definition) is 3. The minimum absolute atomic E-state index is 0.404. The maximum Gasteiger partial charge on any atom is 0.306 e. The summed E-state index contributed by atoms with van der Waals surface area (Å²) in [6.45, 7) is 1.68. The average Bonchev–Trinajstić information content (AvgIpc) is 2.62. The highest BCUT2D eigenvalue weighted by Crippen LogP contribution is 2.13. The fourth-order valence-electron chi connectivity index (χ4n) is 1.46. The van der Waals surface area contributed by atoms with Crippen molar-refractivity contribution in [2.75, 3.05) is 0 Å². The number of fused-ring (bicyclic) bond motifs is 1. The van der Waals surface area contributed by atoms with Crippen LogP contribution in [0.1, 0.15) is 12.5 Å². The van der Waals surface area contributed by atoms with Gasteiger partial charge in [0, 0.05) is 18.0 Å². The van der Waals surface area contributed by atoms with Gasteiger partial charge in [0.1, 0.15) is 0 Å². The summed E-state index contributed by atoms with van der Waals surface area (Å²) in [4.78, 5) is 14.7. The van der Waals surface area contributed by atoms with Gasteiger partial charge in [-0.2, -0.15) is 5.10 Å². The van der Waals surface area contributed by atoms with Crippen molar-refractivity contribution in [3.8, 4) is 0 Å². The Morgan fingerprint density at radius 1 is 1.60 bits per heavy atom. The minimum atomic E-state index is -0.793. The Hall–Kier alpha value is -1.91. The van der Waals surface area contributed by atoms with Gasteiger partial charge in [0.25, 0.3) is 0 Å². The van der Waals surface area contributed by atoms with E-state index in [1.807, 2.05) is 0 Å². The second kappa shape index (κ2) is 3.68. The summed E-state index contributed by atoms with van der Waals surface area (Å²) in [5.74, 6) is -1.20. The normalized spacial score (nSPS) is 12.9. The summed E-state index contributed by atoms with van der Waals surface area (Å²) >= 11 is 0. The van der Waals surface area contributed by atoms with Crippen molar-refractivity contribution in [1.29, 1.82) is 0 Å². The van der Waals surface area contributed by atoms with Crippen LogP contribution in [0.5, 0.6) is 0 Å². The number of rotatable bonds is 3. The highest BCUT2D eigenvalue weighted by Gasteiger charge is 2.14. The third kappa shape index (κ3) is 1.81. The van der Waals surface area contributed by atoms with E-state index >= 15 is 0 Å². The molecule has 0 saturated heterocycles. The van der Waals surface area contributed by atoms with Crippen LogP contribution in [0.3, 0.4) is 0 Å². The number of nitrogens with zero attached hydrogens (tertiary/aromatic N) is 3. The van der Waals surface area contributed by atoms with Crippen LogP contribution < -0.4 is 0 Å². The van der Waals surface area contributed by atoms with Gasteiger partial charge in [0.05, 0.1) is 23.8 Å². The summed E-state index contributed by atoms with van der Waals surface area (Å²) in [6, 6.07) is 0. The van der Waals surface area contributed by atoms with E-state index in [9.17, 15) is 4.79 Å². The molecule has 1 N–H and O–H groups in total. The summed E-state index contributed by atoms with van der Waals surface area (Å²) in [7, 11) is 0. The highest BCUT2D eigenvalue weighted by atomic mass is 16.4. The van der Waals surface area contributed by atoms with Crippen LogP contribution in [0.25, 0.3) is 5.52 Å². The van der Waals surface area contributed by atoms with E-state index in [1.54, 1.807) is 36.2 Å². The zero-order valence-corrected chi connectivity index (χ0v) is 8.29. The van der Waals surface area contributed by atoms with Gasteiger partial charge >= 0.3 is 5.97 Å². The van der Waals surface area contributed by atoms with Gasteiger partial charge in [-0.05, 0) is 6.42 Å². The van der Waals surface area contributed by atoms with Gasteiger partial charge in [0.2, 0.25) is 0 Å². The molecule has 0 amide bonds. The summed E-state index contributed by atoms with van der Waals surface area (Å²) in [5, 5.41) is 12.9. The second-order valence-corrected chi connectivity index (χ2v) is 3.52. The Morgan fingerprint density at radius 3 is 3.13 bits per heavy atom. The molecule has 1 atom stereocenters. The molecule has 5 heteroatoms. The van der Waals surface area contributed by atoms with Crippen molar-refractivity contribution >= 4 is 11.5 Å². The second-order valence-electron chi connectivity index (χ2n) is 3.52. The van der Waals surface area contributed by atoms with Crippen molar-refractivity contribution in [3.05, 3.63) is 30.4 Å². The first-order chi connectivity index (χ1) is 7.18. The average molecular weight is 205 g/mol. The number of aliphatic carboxylic acids is 1. The van der Waals surface area contributed by atoms with Crippen LogP contribution >= 0.6 is 0 Å². The fourth-order valence-corrected chi connectivity index (χ4v) is 1.46. The molecule has 0 radical (unpaired) electrons. The molecule has 78 valence electrons. The number of carboxylic acids is 1. The molecule has 2 heterocycles. The Balaban J connectivity index is 2.32. The van der Waals surface area contributed by atoms with Crippen molar-refractivity contribution in [2.24, 2.45) is 5.92 Å². The molecular weight excluding hydrogens is 194 g/mol. The monoisotopic (exact) mass is 205 g/mol. The third-order valence-corrected chi connectivity index (χ3v) is 2.35. The van der Waals surface area contributed by atoms with Gasteiger partial charge in [-0.1, -0.05) is 6.92 Å². The summed E-state index contributed by atoms with van der Waals surface area (Å²) in [5.41, 5.74) is 1.78. The molecule has 0 fully saturated rings. The van der Waals surface area contributed by atoms with Gasteiger partial charge in [-0.3, -0.25) is 9.78 Å². The number of carboxylic acid groups (broad SMARTS) is 1. The summed E-state index contributed by atoms with van der Waals surface area (Å²) < 4.78 is 1.69. The fraction of sp³-hybridized carbons (Fsp3) is 0.300. The topological polar surface area (TPSA) is 67.5 Å².